The maximum atomic E-state index is 10.4. The first-order valence-corrected chi connectivity index (χ1v) is 5.19. The molecule has 17 heavy (non-hydrogen) atoms. The second kappa shape index (κ2) is 4.84. The fourth-order valence-corrected chi connectivity index (χ4v) is 1.50. The molecule has 0 heterocycles. The monoisotopic (exact) mass is 232 g/mol. The Morgan fingerprint density at radius 1 is 1.18 bits per heavy atom. The van der Waals surface area contributed by atoms with Crippen LogP contribution in [0.15, 0.2) is 42.5 Å². The van der Waals surface area contributed by atoms with Crippen LogP contribution in [0.5, 0.6) is 5.75 Å². The number of carboxylic acids is 1. The zero-order valence-electron chi connectivity index (χ0n) is 9.04. The summed E-state index contributed by atoms with van der Waals surface area (Å²) in [5.74, 6) is -0.741. The summed E-state index contributed by atoms with van der Waals surface area (Å²) in [5, 5.41) is 19.7. The number of rotatable bonds is 4. The quantitative estimate of drug-likeness (QED) is 0.841. The van der Waals surface area contributed by atoms with Gasteiger partial charge in [-0.1, -0.05) is 30.3 Å². The van der Waals surface area contributed by atoms with Gasteiger partial charge in [-0.3, -0.25) is 0 Å². The Hall–Kier alpha value is -2.07. The van der Waals surface area contributed by atoms with Crippen molar-refractivity contribution in [3.05, 3.63) is 42.5 Å². The summed E-state index contributed by atoms with van der Waals surface area (Å²) in [6.07, 6.45) is -1.50. The number of ether oxygens (including phenoxy) is 1. The maximum absolute atomic E-state index is 10.4. The van der Waals surface area contributed by atoms with E-state index < -0.39 is 12.1 Å². The molecule has 4 nitrogen and oxygen atoms in total. The van der Waals surface area contributed by atoms with Crippen LogP contribution in [0.1, 0.15) is 0 Å². The largest absolute Gasteiger partial charge is 0.490 e. The average Bonchev–Trinajstić information content (AvgIpc) is 2.35. The molecule has 0 saturated carbocycles. The summed E-state index contributed by atoms with van der Waals surface area (Å²) in [4.78, 5) is 10.4. The van der Waals surface area contributed by atoms with E-state index in [0.29, 0.717) is 5.75 Å². The van der Waals surface area contributed by atoms with E-state index in [1.54, 1.807) is 6.07 Å². The van der Waals surface area contributed by atoms with Crippen LogP contribution >= 0.6 is 0 Å². The highest BCUT2D eigenvalue weighted by Gasteiger charge is 2.13. The number of hydrogen-bond donors (Lipinski definition) is 2. The molecule has 0 aliphatic rings. The van der Waals surface area contributed by atoms with E-state index in [1.165, 1.54) is 0 Å². The molecule has 0 bridgehead atoms. The van der Waals surface area contributed by atoms with Crippen molar-refractivity contribution in [1.82, 2.24) is 0 Å². The minimum Gasteiger partial charge on any atom is -0.490 e. The van der Waals surface area contributed by atoms with Crippen LogP contribution < -0.4 is 4.74 Å². The third kappa shape index (κ3) is 2.73. The minimum absolute atomic E-state index is 0.256. The first kappa shape index (κ1) is 11.4. The molecule has 4 heteroatoms. The van der Waals surface area contributed by atoms with Crippen molar-refractivity contribution in [3.8, 4) is 5.75 Å². The number of carboxylic acid groups (broad SMARTS) is 1. The molecule has 0 amide bonds. The van der Waals surface area contributed by atoms with Gasteiger partial charge in [-0.2, -0.15) is 0 Å². The van der Waals surface area contributed by atoms with Crippen LogP contribution in [-0.2, 0) is 4.79 Å². The van der Waals surface area contributed by atoms with Crippen molar-refractivity contribution in [3.63, 3.8) is 0 Å². The van der Waals surface area contributed by atoms with Crippen molar-refractivity contribution in [2.45, 2.75) is 6.10 Å². The second-order valence-corrected chi connectivity index (χ2v) is 3.67. The molecule has 2 aromatic carbocycles. The third-order valence-corrected chi connectivity index (χ3v) is 2.41. The van der Waals surface area contributed by atoms with Crippen LogP contribution in [0.25, 0.3) is 10.8 Å². The standard InChI is InChI=1S/C13H12O4/c14-12(13(15)16)8-17-11-6-5-9-3-1-2-4-10(9)7-11/h1-7,12,14H,8H2,(H,15,16). The molecule has 0 saturated heterocycles. The third-order valence-electron chi connectivity index (χ3n) is 2.41. The number of aliphatic hydroxyl groups excluding tert-OH is 1. The van der Waals surface area contributed by atoms with Crippen LogP contribution in [0.2, 0.25) is 0 Å². The zero-order valence-corrected chi connectivity index (χ0v) is 9.04. The molecule has 88 valence electrons. The van der Waals surface area contributed by atoms with E-state index in [9.17, 15) is 4.79 Å². The fraction of sp³-hybridized carbons (Fsp3) is 0.154. The van der Waals surface area contributed by atoms with Gasteiger partial charge in [0.2, 0.25) is 0 Å². The van der Waals surface area contributed by atoms with E-state index in [0.717, 1.165) is 10.8 Å². The van der Waals surface area contributed by atoms with Crippen molar-refractivity contribution >= 4 is 16.7 Å². The summed E-state index contributed by atoms with van der Waals surface area (Å²) in [5.41, 5.74) is 0. The van der Waals surface area contributed by atoms with E-state index in [-0.39, 0.29) is 6.61 Å². The number of fused-ring (bicyclic) bond motifs is 1. The van der Waals surface area contributed by atoms with Crippen LogP contribution in [0, 0.1) is 0 Å². The Morgan fingerprint density at radius 3 is 2.59 bits per heavy atom. The molecule has 2 N–H and O–H groups in total. The Labute approximate surface area is 98.1 Å². The highest BCUT2D eigenvalue weighted by atomic mass is 16.5. The number of carbonyl (C=O) groups is 1. The average molecular weight is 232 g/mol. The van der Waals surface area contributed by atoms with Gasteiger partial charge in [-0.05, 0) is 22.9 Å². The molecule has 1 atom stereocenters. The van der Waals surface area contributed by atoms with Gasteiger partial charge in [0.05, 0.1) is 0 Å². The fourth-order valence-electron chi connectivity index (χ4n) is 1.50. The first-order chi connectivity index (χ1) is 8.16. The molecule has 2 rings (SSSR count). The summed E-state index contributed by atoms with van der Waals surface area (Å²) < 4.78 is 5.21. The topological polar surface area (TPSA) is 66.8 Å². The number of benzene rings is 2. The zero-order chi connectivity index (χ0) is 12.3. The van der Waals surface area contributed by atoms with Gasteiger partial charge in [-0.25, -0.2) is 4.79 Å². The van der Waals surface area contributed by atoms with Crippen molar-refractivity contribution in [2.24, 2.45) is 0 Å². The summed E-state index contributed by atoms with van der Waals surface area (Å²) >= 11 is 0. The number of aliphatic hydroxyl groups is 1. The molecular formula is C13H12O4. The Bertz CT molecular complexity index is 536. The van der Waals surface area contributed by atoms with E-state index in [2.05, 4.69) is 0 Å². The lowest BCUT2D eigenvalue weighted by Gasteiger charge is -2.09. The second-order valence-electron chi connectivity index (χ2n) is 3.67. The van der Waals surface area contributed by atoms with Gasteiger partial charge in [0.1, 0.15) is 12.4 Å². The highest BCUT2D eigenvalue weighted by Crippen LogP contribution is 2.20. The van der Waals surface area contributed by atoms with Crippen LogP contribution in [0.4, 0.5) is 0 Å². The molecule has 0 radical (unpaired) electrons. The van der Waals surface area contributed by atoms with E-state index >= 15 is 0 Å². The van der Waals surface area contributed by atoms with E-state index in [1.807, 2.05) is 36.4 Å². The molecule has 0 aliphatic heterocycles. The molecular weight excluding hydrogens is 220 g/mol. The Morgan fingerprint density at radius 2 is 1.88 bits per heavy atom. The Balaban J connectivity index is 2.12. The predicted octanol–water partition coefficient (Wildman–Crippen LogP) is 1.66. The SMILES string of the molecule is O=C(O)C(O)COc1ccc2ccccc2c1. The van der Waals surface area contributed by atoms with Crippen molar-refractivity contribution < 1.29 is 19.7 Å². The summed E-state index contributed by atoms with van der Waals surface area (Å²) in [7, 11) is 0. The van der Waals surface area contributed by atoms with Gasteiger partial charge < -0.3 is 14.9 Å². The van der Waals surface area contributed by atoms with Gasteiger partial charge in [0.25, 0.3) is 0 Å². The Kier molecular flexibility index (Phi) is 3.25. The maximum Gasteiger partial charge on any atom is 0.336 e. The minimum atomic E-state index is -1.50. The van der Waals surface area contributed by atoms with Gasteiger partial charge >= 0.3 is 5.97 Å². The summed E-state index contributed by atoms with van der Waals surface area (Å²) in [6, 6.07) is 13.2. The van der Waals surface area contributed by atoms with Crippen LogP contribution in [0.3, 0.4) is 0 Å². The smallest absolute Gasteiger partial charge is 0.336 e. The van der Waals surface area contributed by atoms with E-state index in [4.69, 9.17) is 14.9 Å². The van der Waals surface area contributed by atoms with Gasteiger partial charge in [-0.15, -0.1) is 0 Å². The number of hydrogen-bond acceptors (Lipinski definition) is 3. The molecule has 2 aromatic rings. The summed E-state index contributed by atoms with van der Waals surface area (Å²) in [6.45, 7) is -0.256. The lowest BCUT2D eigenvalue weighted by molar-refractivity contribution is -0.148. The lowest BCUT2D eigenvalue weighted by Crippen LogP contribution is -2.26. The predicted molar refractivity (Wildman–Crippen MR) is 63.1 cm³/mol. The lowest BCUT2D eigenvalue weighted by atomic mass is 10.1. The van der Waals surface area contributed by atoms with Crippen molar-refractivity contribution in [1.29, 1.82) is 0 Å². The highest BCUT2D eigenvalue weighted by molar-refractivity contribution is 5.83. The van der Waals surface area contributed by atoms with Crippen LogP contribution in [-0.4, -0.2) is 28.9 Å². The molecule has 1 unspecified atom stereocenters. The van der Waals surface area contributed by atoms with Gasteiger partial charge in [0.15, 0.2) is 6.10 Å². The molecule has 0 spiro atoms. The molecule has 0 aromatic heterocycles. The molecule has 0 aliphatic carbocycles. The van der Waals surface area contributed by atoms with Crippen molar-refractivity contribution in [2.75, 3.05) is 6.61 Å². The molecule has 0 fully saturated rings. The van der Waals surface area contributed by atoms with Gasteiger partial charge in [0, 0.05) is 0 Å². The first-order valence-electron chi connectivity index (χ1n) is 5.19. The normalized spacial score (nSPS) is 12.3. The number of aliphatic carboxylic acids is 1.